The molecule has 0 unspecified atom stereocenters. The molecule has 7 heteroatoms. The van der Waals surface area contributed by atoms with Gasteiger partial charge in [-0.3, -0.25) is 0 Å². The van der Waals surface area contributed by atoms with Crippen molar-refractivity contribution in [2.75, 3.05) is 0 Å². The normalized spacial score (nSPS) is 10.8. The highest BCUT2D eigenvalue weighted by Crippen LogP contribution is 2.20. The van der Waals surface area contributed by atoms with E-state index in [4.69, 9.17) is 4.52 Å². The molecule has 0 bridgehead atoms. The quantitative estimate of drug-likeness (QED) is 0.719. The second kappa shape index (κ2) is 4.60. The molecule has 0 aliphatic rings. The van der Waals surface area contributed by atoms with Gasteiger partial charge in [-0.25, -0.2) is 4.39 Å². The Labute approximate surface area is 107 Å². The maximum absolute atomic E-state index is 13.7. The molecule has 2 aromatic heterocycles. The lowest BCUT2D eigenvalue weighted by Gasteiger charge is -1.98. The molecule has 19 heavy (non-hydrogen) atoms. The molecule has 0 spiro atoms. The van der Waals surface area contributed by atoms with Crippen molar-refractivity contribution in [3.05, 3.63) is 48.1 Å². The van der Waals surface area contributed by atoms with E-state index in [-0.39, 0.29) is 11.6 Å². The van der Waals surface area contributed by atoms with Gasteiger partial charge in [-0.1, -0.05) is 16.8 Å². The minimum Gasteiger partial charge on any atom is -0.334 e. The fraction of sp³-hybridized carbons (Fsp3) is 0.167. The number of nitrogens with one attached hydrogen (secondary N) is 1. The van der Waals surface area contributed by atoms with E-state index in [2.05, 4.69) is 20.2 Å². The van der Waals surface area contributed by atoms with Crippen molar-refractivity contribution in [3.8, 4) is 11.4 Å². The van der Waals surface area contributed by atoms with Gasteiger partial charge in [0.25, 0.3) is 5.89 Å². The minimum absolute atomic E-state index is 0.247. The molecular formula is C12H11FN5O+. The lowest BCUT2D eigenvalue weighted by Crippen LogP contribution is -2.35. The number of hydrogen-bond acceptors (Lipinski definition) is 4. The van der Waals surface area contributed by atoms with Crippen LogP contribution in [0, 0.1) is 12.7 Å². The van der Waals surface area contributed by atoms with Crippen molar-refractivity contribution < 1.29 is 13.6 Å². The van der Waals surface area contributed by atoms with Crippen LogP contribution in [0.3, 0.4) is 0 Å². The predicted molar refractivity (Wildman–Crippen MR) is 62.3 cm³/mol. The number of aryl methyl sites for hydroxylation is 1. The van der Waals surface area contributed by atoms with Crippen molar-refractivity contribution in [2.45, 2.75) is 13.5 Å². The van der Waals surface area contributed by atoms with Crippen LogP contribution in [0.4, 0.5) is 4.39 Å². The van der Waals surface area contributed by atoms with Crippen LogP contribution in [0.2, 0.25) is 0 Å². The Balaban J connectivity index is 1.90. The van der Waals surface area contributed by atoms with Crippen LogP contribution >= 0.6 is 0 Å². The summed E-state index contributed by atoms with van der Waals surface area (Å²) in [6.45, 7) is 2.24. The molecule has 0 atom stereocenters. The zero-order chi connectivity index (χ0) is 13.2. The van der Waals surface area contributed by atoms with E-state index < -0.39 is 0 Å². The predicted octanol–water partition coefficient (Wildman–Crippen LogP) is 1.24. The van der Waals surface area contributed by atoms with Crippen LogP contribution in [0.15, 0.2) is 35.4 Å². The Morgan fingerprint density at radius 3 is 3.11 bits per heavy atom. The third-order valence-corrected chi connectivity index (χ3v) is 2.64. The molecule has 2 heterocycles. The summed E-state index contributed by atoms with van der Waals surface area (Å²) in [7, 11) is 0. The summed E-state index contributed by atoms with van der Waals surface area (Å²) in [5.41, 5.74) is 1.27. The lowest BCUT2D eigenvalue weighted by atomic mass is 10.1. The molecule has 6 nitrogen and oxygen atoms in total. The summed E-state index contributed by atoms with van der Waals surface area (Å²) in [6, 6.07) is 4.78. The zero-order valence-corrected chi connectivity index (χ0v) is 10.2. The zero-order valence-electron chi connectivity index (χ0n) is 10.2. The second-order valence-corrected chi connectivity index (χ2v) is 4.15. The van der Waals surface area contributed by atoms with Gasteiger partial charge in [-0.05, 0) is 24.0 Å². The van der Waals surface area contributed by atoms with Crippen molar-refractivity contribution >= 4 is 0 Å². The number of halogens is 1. The molecule has 96 valence electrons. The highest BCUT2D eigenvalue weighted by atomic mass is 19.1. The molecule has 0 radical (unpaired) electrons. The number of aromatic amines is 1. The second-order valence-electron chi connectivity index (χ2n) is 4.15. The summed E-state index contributed by atoms with van der Waals surface area (Å²) in [4.78, 5) is 8.04. The Morgan fingerprint density at radius 1 is 1.42 bits per heavy atom. The average molecular weight is 260 g/mol. The number of aromatic nitrogens is 5. The van der Waals surface area contributed by atoms with Gasteiger partial charge in [0.05, 0.1) is 5.56 Å². The van der Waals surface area contributed by atoms with Crippen LogP contribution in [0.1, 0.15) is 11.5 Å². The Kier molecular flexibility index (Phi) is 2.79. The van der Waals surface area contributed by atoms with Crippen LogP contribution in [-0.2, 0) is 6.54 Å². The summed E-state index contributed by atoms with van der Waals surface area (Å²) in [5, 5.41) is 6.65. The van der Waals surface area contributed by atoms with E-state index in [1.807, 2.05) is 6.92 Å². The largest absolute Gasteiger partial charge is 0.334 e. The van der Waals surface area contributed by atoms with E-state index in [9.17, 15) is 4.39 Å². The first-order valence-corrected chi connectivity index (χ1v) is 5.69. The van der Waals surface area contributed by atoms with Gasteiger partial charge in [0.2, 0.25) is 12.2 Å². The molecule has 0 saturated heterocycles. The molecule has 0 fully saturated rings. The molecule has 1 aromatic carbocycles. The number of H-pyrrole nitrogens is 1. The topological polar surface area (TPSA) is 71.5 Å². The van der Waals surface area contributed by atoms with Gasteiger partial charge in [0.15, 0.2) is 6.54 Å². The van der Waals surface area contributed by atoms with Gasteiger partial charge in [0, 0.05) is 0 Å². The third-order valence-electron chi connectivity index (χ3n) is 2.64. The maximum atomic E-state index is 13.7. The summed E-state index contributed by atoms with van der Waals surface area (Å²) in [5.74, 6) is 0.258. The van der Waals surface area contributed by atoms with E-state index in [1.54, 1.807) is 23.1 Å². The van der Waals surface area contributed by atoms with Crippen molar-refractivity contribution in [1.82, 2.24) is 20.2 Å². The minimum atomic E-state index is -0.368. The van der Waals surface area contributed by atoms with Crippen LogP contribution in [0.25, 0.3) is 11.4 Å². The molecule has 0 aliphatic heterocycles. The standard InChI is InChI=1S/C12H10FN5O/c1-8-2-3-10(13)9(4-8)12-16-11(19-17-12)5-18-7-14-6-15-18/h2-4,6-7H,5H2,1H3/p+1. The van der Waals surface area contributed by atoms with Gasteiger partial charge in [-0.2, -0.15) is 10.1 Å². The monoisotopic (exact) mass is 260 g/mol. The van der Waals surface area contributed by atoms with Crippen molar-refractivity contribution in [2.24, 2.45) is 0 Å². The maximum Gasteiger partial charge on any atom is 0.307 e. The average Bonchev–Trinajstić information content (AvgIpc) is 3.04. The molecule has 1 N–H and O–H groups in total. The third kappa shape index (κ3) is 2.35. The molecule has 0 amide bonds. The Hall–Kier alpha value is -2.57. The summed E-state index contributed by atoms with van der Waals surface area (Å²) >= 11 is 0. The first kappa shape index (κ1) is 11.5. The number of rotatable bonds is 3. The Morgan fingerprint density at radius 2 is 2.32 bits per heavy atom. The highest BCUT2D eigenvalue weighted by Gasteiger charge is 2.14. The fourth-order valence-electron chi connectivity index (χ4n) is 1.73. The first-order valence-electron chi connectivity index (χ1n) is 5.69. The van der Waals surface area contributed by atoms with Crippen molar-refractivity contribution in [3.63, 3.8) is 0 Å². The van der Waals surface area contributed by atoms with Gasteiger partial charge in [0.1, 0.15) is 5.82 Å². The van der Waals surface area contributed by atoms with E-state index in [1.165, 1.54) is 12.4 Å². The van der Waals surface area contributed by atoms with Gasteiger partial charge >= 0.3 is 6.33 Å². The molecule has 0 aliphatic carbocycles. The summed E-state index contributed by atoms with van der Waals surface area (Å²) in [6.07, 6.45) is 3.13. The molecule has 0 saturated carbocycles. The number of hydrogen-bond donors (Lipinski definition) is 1. The van der Waals surface area contributed by atoms with Crippen LogP contribution < -0.4 is 4.68 Å². The van der Waals surface area contributed by atoms with Crippen LogP contribution in [0.5, 0.6) is 0 Å². The van der Waals surface area contributed by atoms with E-state index in [0.29, 0.717) is 18.0 Å². The fourth-order valence-corrected chi connectivity index (χ4v) is 1.73. The Bertz CT molecular complexity index is 692. The molecular weight excluding hydrogens is 249 g/mol. The van der Waals surface area contributed by atoms with Gasteiger partial charge < -0.3 is 4.52 Å². The summed E-state index contributed by atoms with van der Waals surface area (Å²) < 4.78 is 20.5. The highest BCUT2D eigenvalue weighted by molar-refractivity contribution is 5.56. The molecule has 3 rings (SSSR count). The number of benzene rings is 1. The van der Waals surface area contributed by atoms with Gasteiger partial charge in [-0.15, -0.1) is 4.68 Å². The smallest absolute Gasteiger partial charge is 0.307 e. The van der Waals surface area contributed by atoms with Crippen molar-refractivity contribution in [1.29, 1.82) is 0 Å². The SMILES string of the molecule is Cc1ccc(F)c(-c2noc(C[n+]3cnc[nH]3)n2)c1. The number of nitrogens with zero attached hydrogens (tertiary/aromatic N) is 4. The van der Waals surface area contributed by atoms with Crippen LogP contribution in [-0.4, -0.2) is 20.2 Å². The van der Waals surface area contributed by atoms with E-state index in [0.717, 1.165) is 5.56 Å². The lowest BCUT2D eigenvalue weighted by molar-refractivity contribution is -0.745. The molecule has 3 aromatic rings. The van der Waals surface area contributed by atoms with E-state index >= 15 is 0 Å². The first-order chi connectivity index (χ1) is 9.22.